The summed E-state index contributed by atoms with van der Waals surface area (Å²) in [7, 11) is 0. The van der Waals surface area contributed by atoms with Crippen molar-refractivity contribution < 1.29 is 18.8 Å². The van der Waals surface area contributed by atoms with Gasteiger partial charge in [0.15, 0.2) is 17.3 Å². The number of para-hydroxylation sites is 1. The number of halogens is 2. The van der Waals surface area contributed by atoms with Crippen LogP contribution >= 0.6 is 38.5 Å². The van der Waals surface area contributed by atoms with E-state index in [1.165, 1.54) is 23.0 Å². The predicted molar refractivity (Wildman–Crippen MR) is 173 cm³/mol. The first-order chi connectivity index (χ1) is 20.8. The Morgan fingerprint density at radius 2 is 1.98 bits per heavy atom. The second kappa shape index (κ2) is 11.9. The summed E-state index contributed by atoms with van der Waals surface area (Å²) >= 11 is 5.57. The van der Waals surface area contributed by atoms with Crippen molar-refractivity contribution in [1.29, 1.82) is 0 Å². The molecule has 6 aromatic rings. The van der Waals surface area contributed by atoms with Crippen molar-refractivity contribution in [3.05, 3.63) is 113 Å². The SMILES string of the molecule is CCOc1cc(C=Nn2c(-c3cc4cc(Br)ccc4o3)nc3ccccc3c2=O)cc(I)c1Oc1ccc([N+](=O)[O-])cn1. The Kier molecular flexibility index (Phi) is 7.90. The first kappa shape index (κ1) is 28.5. The molecule has 0 spiro atoms. The van der Waals surface area contributed by atoms with Gasteiger partial charge in [-0.1, -0.05) is 28.1 Å². The fourth-order valence-electron chi connectivity index (χ4n) is 4.31. The highest BCUT2D eigenvalue weighted by Crippen LogP contribution is 2.37. The minimum absolute atomic E-state index is 0.146. The number of rotatable bonds is 8. The maximum atomic E-state index is 13.6. The number of pyridine rings is 1. The molecule has 0 saturated heterocycles. The van der Waals surface area contributed by atoms with E-state index in [1.54, 1.807) is 30.3 Å². The van der Waals surface area contributed by atoms with E-state index in [-0.39, 0.29) is 23.0 Å². The topological polar surface area (TPSA) is 135 Å². The fraction of sp³-hybridized carbons (Fsp3) is 0.0667. The predicted octanol–water partition coefficient (Wildman–Crippen LogP) is 7.55. The van der Waals surface area contributed by atoms with Crippen LogP contribution in [0.3, 0.4) is 0 Å². The Morgan fingerprint density at radius 1 is 1.14 bits per heavy atom. The van der Waals surface area contributed by atoms with Gasteiger partial charge in [0.2, 0.25) is 11.7 Å². The normalized spacial score (nSPS) is 11.4. The summed E-state index contributed by atoms with van der Waals surface area (Å²) in [5.41, 5.74) is 1.28. The van der Waals surface area contributed by atoms with Gasteiger partial charge in [-0.15, -0.1) is 0 Å². The van der Waals surface area contributed by atoms with Gasteiger partial charge < -0.3 is 13.9 Å². The monoisotopic (exact) mass is 751 g/mol. The van der Waals surface area contributed by atoms with Crippen LogP contribution in [0.25, 0.3) is 33.5 Å². The van der Waals surface area contributed by atoms with Gasteiger partial charge in [-0.25, -0.2) is 9.97 Å². The van der Waals surface area contributed by atoms with Crippen LogP contribution in [0.4, 0.5) is 5.69 Å². The van der Waals surface area contributed by atoms with E-state index >= 15 is 0 Å². The van der Waals surface area contributed by atoms with Crippen molar-refractivity contribution in [3.63, 3.8) is 0 Å². The van der Waals surface area contributed by atoms with Gasteiger partial charge >= 0.3 is 0 Å². The van der Waals surface area contributed by atoms with Crippen LogP contribution in [-0.2, 0) is 0 Å². The zero-order valence-corrected chi connectivity index (χ0v) is 26.0. The van der Waals surface area contributed by atoms with Crippen LogP contribution in [0, 0.1) is 13.7 Å². The average Bonchev–Trinajstić information content (AvgIpc) is 3.42. The standard InChI is InChI=1S/C30H19BrIN5O6/c1-2-41-25-12-17(11-22(32)28(25)43-27-10-8-20(16-33-27)37(39)40)15-34-36-29(35-23-6-4-3-5-21(23)30(36)38)26-14-18-13-19(31)7-9-24(18)42-26/h3-16H,2H2,1H3. The van der Waals surface area contributed by atoms with Crippen molar-refractivity contribution >= 4 is 72.3 Å². The molecule has 0 atom stereocenters. The number of aromatic nitrogens is 3. The van der Waals surface area contributed by atoms with E-state index in [0.29, 0.717) is 49.5 Å². The Balaban J connectivity index is 1.42. The lowest BCUT2D eigenvalue weighted by molar-refractivity contribution is -0.385. The summed E-state index contributed by atoms with van der Waals surface area (Å²) in [5.74, 6) is 1.60. The molecule has 0 N–H and O–H groups in total. The van der Waals surface area contributed by atoms with E-state index in [2.05, 4.69) is 48.6 Å². The van der Waals surface area contributed by atoms with Gasteiger partial charge in [0.05, 0.1) is 32.2 Å². The molecule has 0 amide bonds. The largest absolute Gasteiger partial charge is 0.490 e. The first-order valence-corrected chi connectivity index (χ1v) is 14.7. The van der Waals surface area contributed by atoms with E-state index in [1.807, 2.05) is 37.3 Å². The Bertz CT molecular complexity index is 2110. The van der Waals surface area contributed by atoms with Crippen LogP contribution in [0.2, 0.25) is 0 Å². The molecule has 0 aliphatic rings. The van der Waals surface area contributed by atoms with Gasteiger partial charge in [-0.05, 0) is 83.6 Å². The molecule has 3 aromatic heterocycles. The van der Waals surface area contributed by atoms with Gasteiger partial charge in [-0.2, -0.15) is 9.78 Å². The number of nitrogens with zero attached hydrogens (tertiary/aromatic N) is 5. The zero-order chi connectivity index (χ0) is 30.1. The van der Waals surface area contributed by atoms with Crippen molar-refractivity contribution in [2.45, 2.75) is 6.92 Å². The Morgan fingerprint density at radius 3 is 2.74 bits per heavy atom. The Hall–Kier alpha value is -4.63. The van der Waals surface area contributed by atoms with Gasteiger partial charge in [0, 0.05) is 22.0 Å². The molecule has 11 nitrogen and oxygen atoms in total. The van der Waals surface area contributed by atoms with E-state index in [9.17, 15) is 14.9 Å². The van der Waals surface area contributed by atoms with Gasteiger partial charge in [0.25, 0.3) is 11.2 Å². The van der Waals surface area contributed by atoms with Crippen LogP contribution in [0.1, 0.15) is 12.5 Å². The molecule has 0 aliphatic heterocycles. The van der Waals surface area contributed by atoms with E-state index in [4.69, 9.17) is 18.9 Å². The molecule has 6 rings (SSSR count). The number of fused-ring (bicyclic) bond motifs is 2. The van der Waals surface area contributed by atoms with Crippen LogP contribution < -0.4 is 15.0 Å². The maximum Gasteiger partial charge on any atom is 0.287 e. The molecule has 3 aromatic carbocycles. The second-order valence-electron chi connectivity index (χ2n) is 9.08. The lowest BCUT2D eigenvalue weighted by Crippen LogP contribution is -2.20. The molecule has 0 unspecified atom stereocenters. The third-order valence-corrected chi connectivity index (χ3v) is 7.54. The maximum absolute atomic E-state index is 13.6. The van der Waals surface area contributed by atoms with Gasteiger partial charge in [0.1, 0.15) is 11.8 Å². The fourth-order valence-corrected chi connectivity index (χ4v) is 5.42. The molecule has 13 heteroatoms. The molecular weight excluding hydrogens is 733 g/mol. The smallest absolute Gasteiger partial charge is 0.287 e. The number of hydrogen-bond acceptors (Lipinski definition) is 9. The minimum atomic E-state index is -0.532. The van der Waals surface area contributed by atoms with E-state index < -0.39 is 4.92 Å². The van der Waals surface area contributed by atoms with Crippen molar-refractivity contribution in [3.8, 4) is 29.0 Å². The summed E-state index contributed by atoms with van der Waals surface area (Å²) < 4.78 is 20.6. The summed E-state index contributed by atoms with van der Waals surface area (Å²) in [6.45, 7) is 2.18. The number of ether oxygens (including phenoxy) is 2. The highest BCUT2D eigenvalue weighted by atomic mass is 127. The third-order valence-electron chi connectivity index (χ3n) is 6.24. The van der Waals surface area contributed by atoms with E-state index in [0.717, 1.165) is 16.1 Å². The lowest BCUT2D eigenvalue weighted by atomic mass is 10.2. The molecule has 0 radical (unpaired) electrons. The number of hydrogen-bond donors (Lipinski definition) is 0. The lowest BCUT2D eigenvalue weighted by Gasteiger charge is -2.14. The van der Waals surface area contributed by atoms with Crippen LogP contribution in [-0.4, -0.2) is 32.4 Å². The molecular formula is C30H19BrIN5O6. The third kappa shape index (κ3) is 5.85. The average molecular weight is 752 g/mol. The highest BCUT2D eigenvalue weighted by Gasteiger charge is 2.18. The molecule has 0 aliphatic carbocycles. The molecule has 0 saturated carbocycles. The summed E-state index contributed by atoms with van der Waals surface area (Å²) in [6, 6.07) is 20.7. The summed E-state index contributed by atoms with van der Waals surface area (Å²) in [5, 5.41) is 16.8. The van der Waals surface area contributed by atoms with Crippen LogP contribution in [0.15, 0.2) is 97.8 Å². The Labute approximate surface area is 265 Å². The number of benzene rings is 3. The van der Waals surface area contributed by atoms with Crippen molar-refractivity contribution in [1.82, 2.24) is 14.6 Å². The molecule has 0 bridgehead atoms. The number of nitro groups is 1. The first-order valence-electron chi connectivity index (χ1n) is 12.8. The van der Waals surface area contributed by atoms with Crippen molar-refractivity contribution in [2.75, 3.05) is 6.61 Å². The summed E-state index contributed by atoms with van der Waals surface area (Å²) in [4.78, 5) is 32.8. The number of furan rings is 1. The molecule has 3 heterocycles. The molecule has 214 valence electrons. The van der Waals surface area contributed by atoms with Gasteiger partial charge in [-0.3, -0.25) is 14.9 Å². The molecule has 43 heavy (non-hydrogen) atoms. The zero-order valence-electron chi connectivity index (χ0n) is 22.2. The minimum Gasteiger partial charge on any atom is -0.490 e. The molecule has 0 fully saturated rings. The quantitative estimate of drug-likeness (QED) is 0.0674. The van der Waals surface area contributed by atoms with Crippen molar-refractivity contribution in [2.24, 2.45) is 5.10 Å². The summed E-state index contributed by atoms with van der Waals surface area (Å²) in [6.07, 6.45) is 2.65. The second-order valence-corrected chi connectivity index (χ2v) is 11.2. The van der Waals surface area contributed by atoms with Crippen LogP contribution in [0.5, 0.6) is 17.4 Å². The highest BCUT2D eigenvalue weighted by molar-refractivity contribution is 14.1.